The Bertz CT molecular complexity index is 1120. The summed E-state index contributed by atoms with van der Waals surface area (Å²) in [6.07, 6.45) is 5.66. The average Bonchev–Trinajstić information content (AvgIpc) is 3.46. The first-order chi connectivity index (χ1) is 13.8. The summed E-state index contributed by atoms with van der Waals surface area (Å²) in [5.41, 5.74) is 4.52. The highest BCUT2D eigenvalue weighted by molar-refractivity contribution is 7.07. The highest BCUT2D eigenvalue weighted by Gasteiger charge is 2.34. The summed E-state index contributed by atoms with van der Waals surface area (Å²) in [5.74, 6) is 0.0857. The summed E-state index contributed by atoms with van der Waals surface area (Å²) >= 11 is 1.67. The second-order valence-electron chi connectivity index (χ2n) is 7.10. The second-order valence-corrected chi connectivity index (χ2v) is 7.88. The quantitative estimate of drug-likeness (QED) is 0.476. The standard InChI is InChI=1S/C23H19N3OS/c27-23(26(18-5-6-18)14-16-9-12-28-15-16)20-13-22(17-7-10-24-11-8-17)25-21-4-2-1-3-19(20)21/h1-4,7-13,15,18H,5-6,14H2. The van der Waals surface area contributed by atoms with Gasteiger partial charge >= 0.3 is 0 Å². The van der Waals surface area contributed by atoms with Crippen LogP contribution in [0.15, 0.2) is 71.7 Å². The minimum Gasteiger partial charge on any atom is -0.331 e. The maximum atomic E-state index is 13.6. The lowest BCUT2D eigenvalue weighted by Gasteiger charge is -2.23. The molecule has 1 fully saturated rings. The molecule has 0 unspecified atom stereocenters. The number of aromatic nitrogens is 2. The Balaban J connectivity index is 1.61. The van der Waals surface area contributed by atoms with E-state index in [0.29, 0.717) is 12.6 Å². The average molecular weight is 385 g/mol. The molecule has 1 aliphatic rings. The molecule has 0 bridgehead atoms. The van der Waals surface area contributed by atoms with Crippen LogP contribution < -0.4 is 0 Å². The van der Waals surface area contributed by atoms with E-state index in [1.165, 1.54) is 5.56 Å². The molecule has 0 spiro atoms. The van der Waals surface area contributed by atoms with Crippen LogP contribution in [0.25, 0.3) is 22.2 Å². The molecule has 5 rings (SSSR count). The number of hydrogen-bond acceptors (Lipinski definition) is 4. The molecule has 3 aromatic heterocycles. The molecular formula is C23H19N3OS. The first-order valence-corrected chi connectivity index (χ1v) is 10.4. The van der Waals surface area contributed by atoms with Crippen molar-refractivity contribution in [3.05, 3.63) is 82.8 Å². The molecule has 0 aliphatic heterocycles. The lowest BCUT2D eigenvalue weighted by atomic mass is 10.0. The summed E-state index contributed by atoms with van der Waals surface area (Å²) in [5, 5.41) is 5.09. The van der Waals surface area contributed by atoms with Gasteiger partial charge in [0.25, 0.3) is 5.91 Å². The van der Waals surface area contributed by atoms with Gasteiger partial charge in [0.2, 0.25) is 0 Å². The maximum Gasteiger partial charge on any atom is 0.255 e. The van der Waals surface area contributed by atoms with Gasteiger partial charge in [0, 0.05) is 35.9 Å². The molecule has 3 heterocycles. The topological polar surface area (TPSA) is 46.1 Å². The van der Waals surface area contributed by atoms with Crippen molar-refractivity contribution in [1.82, 2.24) is 14.9 Å². The van der Waals surface area contributed by atoms with Crippen molar-refractivity contribution in [3.63, 3.8) is 0 Å². The lowest BCUT2D eigenvalue weighted by molar-refractivity contribution is 0.0732. The SMILES string of the molecule is O=C(c1cc(-c2ccncc2)nc2ccccc12)N(Cc1ccsc1)C1CC1. The van der Waals surface area contributed by atoms with Gasteiger partial charge < -0.3 is 4.90 Å². The number of rotatable bonds is 5. The van der Waals surface area contributed by atoms with E-state index in [1.807, 2.05) is 47.4 Å². The molecule has 4 nitrogen and oxygen atoms in total. The number of pyridine rings is 2. The number of carbonyl (C=O) groups is 1. The highest BCUT2D eigenvalue weighted by Crippen LogP contribution is 2.32. The molecule has 1 saturated carbocycles. The van der Waals surface area contributed by atoms with Gasteiger partial charge in [-0.25, -0.2) is 4.98 Å². The minimum atomic E-state index is 0.0857. The fourth-order valence-corrected chi connectivity index (χ4v) is 4.17. The van der Waals surface area contributed by atoms with Gasteiger partial charge in [-0.3, -0.25) is 9.78 Å². The van der Waals surface area contributed by atoms with Crippen LogP contribution in [0.2, 0.25) is 0 Å². The van der Waals surface area contributed by atoms with E-state index in [-0.39, 0.29) is 5.91 Å². The third-order valence-electron chi connectivity index (χ3n) is 5.10. The van der Waals surface area contributed by atoms with E-state index in [9.17, 15) is 4.79 Å². The molecule has 4 aromatic rings. The van der Waals surface area contributed by atoms with E-state index in [1.54, 1.807) is 23.7 Å². The number of hydrogen-bond donors (Lipinski definition) is 0. The third-order valence-corrected chi connectivity index (χ3v) is 5.84. The first-order valence-electron chi connectivity index (χ1n) is 9.42. The normalized spacial score (nSPS) is 13.6. The zero-order chi connectivity index (χ0) is 18.9. The fourth-order valence-electron chi connectivity index (χ4n) is 3.51. The Labute approximate surface area is 167 Å². The third kappa shape index (κ3) is 3.29. The van der Waals surface area contributed by atoms with Gasteiger partial charge in [-0.2, -0.15) is 11.3 Å². The number of fused-ring (bicyclic) bond motifs is 1. The van der Waals surface area contributed by atoms with Crippen LogP contribution >= 0.6 is 11.3 Å². The van der Waals surface area contributed by atoms with Crippen molar-refractivity contribution in [2.45, 2.75) is 25.4 Å². The van der Waals surface area contributed by atoms with Gasteiger partial charge in [0.15, 0.2) is 0 Å². The molecule has 5 heteroatoms. The van der Waals surface area contributed by atoms with Gasteiger partial charge in [-0.15, -0.1) is 0 Å². The predicted molar refractivity (Wildman–Crippen MR) is 112 cm³/mol. The minimum absolute atomic E-state index is 0.0857. The van der Waals surface area contributed by atoms with Gasteiger partial charge in [0.05, 0.1) is 16.8 Å². The molecule has 0 N–H and O–H groups in total. The lowest BCUT2D eigenvalue weighted by Crippen LogP contribution is -2.32. The maximum absolute atomic E-state index is 13.6. The number of benzene rings is 1. The van der Waals surface area contributed by atoms with Crippen LogP contribution in [-0.2, 0) is 6.54 Å². The Kier molecular flexibility index (Phi) is 4.37. The second kappa shape index (κ2) is 7.17. The Morgan fingerprint density at radius 3 is 2.68 bits per heavy atom. The van der Waals surface area contributed by atoms with Crippen molar-refractivity contribution in [2.24, 2.45) is 0 Å². The molecule has 1 aromatic carbocycles. The molecule has 1 amide bonds. The van der Waals surface area contributed by atoms with Gasteiger partial charge in [-0.1, -0.05) is 18.2 Å². The van der Waals surface area contributed by atoms with E-state index >= 15 is 0 Å². The van der Waals surface area contributed by atoms with Crippen LogP contribution in [0.1, 0.15) is 28.8 Å². The Hall–Kier alpha value is -3.05. The molecule has 0 atom stereocenters. The van der Waals surface area contributed by atoms with Gasteiger partial charge in [0.1, 0.15) is 0 Å². The molecule has 138 valence electrons. The summed E-state index contributed by atoms with van der Waals surface area (Å²) in [6.45, 7) is 0.661. The number of thiophene rings is 1. The zero-order valence-electron chi connectivity index (χ0n) is 15.3. The van der Waals surface area contributed by atoms with Crippen LogP contribution in [0.5, 0.6) is 0 Å². The van der Waals surface area contributed by atoms with Crippen molar-refractivity contribution in [1.29, 1.82) is 0 Å². The van der Waals surface area contributed by atoms with E-state index in [2.05, 4.69) is 21.8 Å². The molecule has 0 saturated heterocycles. The highest BCUT2D eigenvalue weighted by atomic mass is 32.1. The Morgan fingerprint density at radius 2 is 1.93 bits per heavy atom. The number of nitrogens with zero attached hydrogens (tertiary/aromatic N) is 3. The van der Waals surface area contributed by atoms with Crippen LogP contribution in [0.3, 0.4) is 0 Å². The number of para-hydroxylation sites is 1. The molecule has 1 aliphatic carbocycles. The number of amides is 1. The molecule has 28 heavy (non-hydrogen) atoms. The van der Waals surface area contributed by atoms with E-state index in [4.69, 9.17) is 4.98 Å². The summed E-state index contributed by atoms with van der Waals surface area (Å²) in [7, 11) is 0. The van der Waals surface area contributed by atoms with Crippen LogP contribution in [0.4, 0.5) is 0 Å². The summed E-state index contributed by atoms with van der Waals surface area (Å²) < 4.78 is 0. The molecular weight excluding hydrogens is 366 g/mol. The smallest absolute Gasteiger partial charge is 0.255 e. The number of carbonyl (C=O) groups excluding carboxylic acids is 1. The summed E-state index contributed by atoms with van der Waals surface area (Å²) in [4.78, 5) is 24.5. The van der Waals surface area contributed by atoms with Crippen molar-refractivity contribution < 1.29 is 4.79 Å². The summed E-state index contributed by atoms with van der Waals surface area (Å²) in [6, 6.07) is 16.1. The van der Waals surface area contributed by atoms with E-state index in [0.717, 1.165) is 40.6 Å². The van der Waals surface area contributed by atoms with Crippen molar-refractivity contribution in [3.8, 4) is 11.3 Å². The first kappa shape index (κ1) is 17.1. The van der Waals surface area contributed by atoms with Crippen molar-refractivity contribution >= 4 is 28.1 Å². The van der Waals surface area contributed by atoms with Crippen LogP contribution in [-0.4, -0.2) is 26.8 Å². The van der Waals surface area contributed by atoms with Crippen molar-refractivity contribution in [2.75, 3.05) is 0 Å². The Morgan fingerprint density at radius 1 is 1.11 bits per heavy atom. The molecule has 0 radical (unpaired) electrons. The predicted octanol–water partition coefficient (Wildman–Crippen LogP) is 5.16. The zero-order valence-corrected chi connectivity index (χ0v) is 16.1. The fraction of sp³-hybridized carbons (Fsp3) is 0.174. The van der Waals surface area contributed by atoms with E-state index < -0.39 is 0 Å². The van der Waals surface area contributed by atoms with Gasteiger partial charge in [-0.05, 0) is 59.5 Å². The monoisotopic (exact) mass is 385 g/mol. The van der Waals surface area contributed by atoms with Crippen LogP contribution in [0, 0.1) is 0 Å². The largest absolute Gasteiger partial charge is 0.331 e.